The molecule has 2 rings (SSSR count). The van der Waals surface area contributed by atoms with Gasteiger partial charge in [-0.1, -0.05) is 38.1 Å². The standard InChI is InChI=1S/C14H16N2O3/c1-14(2,7-12(17)18)10-6-4-3-5-9(10)11-8-15-13(19)16-11/h3-6,8H,7H2,1-2H3,(H,17,18)(H2,15,16,19). The van der Waals surface area contributed by atoms with Gasteiger partial charge >= 0.3 is 11.7 Å². The van der Waals surface area contributed by atoms with Crippen molar-refractivity contribution in [1.82, 2.24) is 9.97 Å². The number of carboxylic acids is 1. The summed E-state index contributed by atoms with van der Waals surface area (Å²) in [6.07, 6.45) is 1.62. The third-order valence-corrected chi connectivity index (χ3v) is 3.14. The molecular weight excluding hydrogens is 244 g/mol. The molecule has 0 amide bonds. The Morgan fingerprint density at radius 3 is 2.58 bits per heavy atom. The second-order valence-corrected chi connectivity index (χ2v) is 5.16. The van der Waals surface area contributed by atoms with Crippen LogP contribution in [0.1, 0.15) is 25.8 Å². The molecule has 1 aromatic carbocycles. The summed E-state index contributed by atoms with van der Waals surface area (Å²) in [6.45, 7) is 3.76. The lowest BCUT2D eigenvalue weighted by molar-refractivity contribution is -0.138. The largest absolute Gasteiger partial charge is 0.481 e. The number of hydrogen-bond acceptors (Lipinski definition) is 2. The summed E-state index contributed by atoms with van der Waals surface area (Å²) in [4.78, 5) is 27.4. The molecule has 1 aromatic heterocycles. The Hall–Kier alpha value is -2.30. The first-order valence-electron chi connectivity index (χ1n) is 5.99. The minimum absolute atomic E-state index is 0.0265. The van der Waals surface area contributed by atoms with Gasteiger partial charge in [0.25, 0.3) is 0 Å². The predicted octanol–water partition coefficient (Wildman–Crippen LogP) is 2.12. The lowest BCUT2D eigenvalue weighted by atomic mass is 9.78. The predicted molar refractivity (Wildman–Crippen MR) is 72.1 cm³/mol. The maximum atomic E-state index is 11.2. The van der Waals surface area contributed by atoms with Gasteiger partial charge in [-0.3, -0.25) is 4.79 Å². The highest BCUT2D eigenvalue weighted by molar-refractivity contribution is 5.71. The van der Waals surface area contributed by atoms with Crippen LogP contribution in [0.3, 0.4) is 0 Å². The zero-order chi connectivity index (χ0) is 14.0. The van der Waals surface area contributed by atoms with Crippen LogP contribution >= 0.6 is 0 Å². The Morgan fingerprint density at radius 1 is 1.32 bits per heavy atom. The molecule has 0 fully saturated rings. The average molecular weight is 260 g/mol. The first-order chi connectivity index (χ1) is 8.90. The molecule has 0 saturated heterocycles. The van der Waals surface area contributed by atoms with Crippen molar-refractivity contribution in [3.05, 3.63) is 46.5 Å². The molecule has 0 aliphatic carbocycles. The van der Waals surface area contributed by atoms with E-state index >= 15 is 0 Å². The third-order valence-electron chi connectivity index (χ3n) is 3.14. The molecule has 2 aromatic rings. The number of carboxylic acid groups (broad SMARTS) is 1. The number of imidazole rings is 1. The second-order valence-electron chi connectivity index (χ2n) is 5.16. The van der Waals surface area contributed by atoms with Gasteiger partial charge in [-0.05, 0) is 5.56 Å². The van der Waals surface area contributed by atoms with Crippen molar-refractivity contribution in [2.45, 2.75) is 25.7 Å². The summed E-state index contributed by atoms with van der Waals surface area (Å²) < 4.78 is 0. The van der Waals surface area contributed by atoms with Gasteiger partial charge in [-0.15, -0.1) is 0 Å². The zero-order valence-electron chi connectivity index (χ0n) is 10.9. The summed E-state index contributed by atoms with van der Waals surface area (Å²) >= 11 is 0. The van der Waals surface area contributed by atoms with Crippen LogP contribution in [0.15, 0.2) is 35.3 Å². The minimum atomic E-state index is -0.845. The Bertz CT molecular complexity index is 652. The first kappa shape index (κ1) is 13.1. The second kappa shape index (κ2) is 4.76. The summed E-state index contributed by atoms with van der Waals surface area (Å²) in [5.74, 6) is -0.845. The van der Waals surface area contributed by atoms with Gasteiger partial charge in [0.1, 0.15) is 0 Å². The Morgan fingerprint density at radius 2 is 2.00 bits per heavy atom. The molecule has 0 radical (unpaired) electrons. The van der Waals surface area contributed by atoms with Crippen LogP contribution in [-0.2, 0) is 10.2 Å². The van der Waals surface area contributed by atoms with Gasteiger partial charge in [-0.25, -0.2) is 4.79 Å². The van der Waals surface area contributed by atoms with Crippen LogP contribution in [0, 0.1) is 0 Å². The first-order valence-corrected chi connectivity index (χ1v) is 5.99. The fourth-order valence-electron chi connectivity index (χ4n) is 2.26. The molecule has 100 valence electrons. The molecule has 0 unspecified atom stereocenters. The molecule has 3 N–H and O–H groups in total. The van der Waals surface area contributed by atoms with Crippen LogP contribution in [0.25, 0.3) is 11.3 Å². The van der Waals surface area contributed by atoms with E-state index in [4.69, 9.17) is 5.11 Å². The van der Waals surface area contributed by atoms with E-state index in [0.717, 1.165) is 11.1 Å². The maximum Gasteiger partial charge on any atom is 0.323 e. The van der Waals surface area contributed by atoms with Gasteiger partial charge in [0.2, 0.25) is 0 Å². The molecule has 0 bridgehead atoms. The Labute approximate surface area is 110 Å². The number of rotatable bonds is 4. The molecule has 1 heterocycles. The van der Waals surface area contributed by atoms with Crippen LogP contribution in [0.4, 0.5) is 0 Å². The fourth-order valence-corrected chi connectivity index (χ4v) is 2.26. The number of aromatic nitrogens is 2. The van der Waals surface area contributed by atoms with Crippen LogP contribution < -0.4 is 5.69 Å². The van der Waals surface area contributed by atoms with Gasteiger partial charge in [0, 0.05) is 17.2 Å². The summed E-state index contributed by atoms with van der Waals surface area (Å²) in [5, 5.41) is 9.01. The van der Waals surface area contributed by atoms with Crippen molar-refractivity contribution in [1.29, 1.82) is 0 Å². The van der Waals surface area contributed by atoms with E-state index in [1.165, 1.54) is 0 Å². The summed E-state index contributed by atoms with van der Waals surface area (Å²) in [6, 6.07) is 7.50. The highest BCUT2D eigenvalue weighted by atomic mass is 16.4. The average Bonchev–Trinajstić information content (AvgIpc) is 2.74. The number of carbonyl (C=O) groups is 1. The van der Waals surface area contributed by atoms with E-state index in [0.29, 0.717) is 5.69 Å². The summed E-state index contributed by atoms with van der Waals surface area (Å²) in [7, 11) is 0. The van der Waals surface area contributed by atoms with Crippen molar-refractivity contribution in [2.75, 3.05) is 0 Å². The van der Waals surface area contributed by atoms with E-state index in [2.05, 4.69) is 9.97 Å². The minimum Gasteiger partial charge on any atom is -0.481 e. The van der Waals surface area contributed by atoms with E-state index < -0.39 is 11.4 Å². The van der Waals surface area contributed by atoms with E-state index in [1.807, 2.05) is 38.1 Å². The number of aliphatic carboxylic acids is 1. The lowest BCUT2D eigenvalue weighted by Gasteiger charge is -2.25. The molecule has 5 nitrogen and oxygen atoms in total. The normalized spacial score (nSPS) is 11.5. The highest BCUT2D eigenvalue weighted by Gasteiger charge is 2.27. The van der Waals surface area contributed by atoms with Crippen LogP contribution in [0.5, 0.6) is 0 Å². The molecule has 19 heavy (non-hydrogen) atoms. The van der Waals surface area contributed by atoms with Crippen molar-refractivity contribution in [3.63, 3.8) is 0 Å². The number of aromatic amines is 2. The molecule has 0 aliphatic heterocycles. The Balaban J connectivity index is 2.53. The fraction of sp³-hybridized carbons (Fsp3) is 0.286. The molecule has 0 aliphatic rings. The van der Waals surface area contributed by atoms with Crippen molar-refractivity contribution in [3.8, 4) is 11.3 Å². The number of hydrogen-bond donors (Lipinski definition) is 3. The topological polar surface area (TPSA) is 85.9 Å². The van der Waals surface area contributed by atoms with E-state index in [-0.39, 0.29) is 12.1 Å². The van der Waals surface area contributed by atoms with Crippen molar-refractivity contribution >= 4 is 5.97 Å². The van der Waals surface area contributed by atoms with Gasteiger partial charge in [-0.2, -0.15) is 0 Å². The lowest BCUT2D eigenvalue weighted by Crippen LogP contribution is -2.22. The number of H-pyrrole nitrogens is 2. The van der Waals surface area contributed by atoms with Crippen LogP contribution in [0.2, 0.25) is 0 Å². The molecular formula is C14H16N2O3. The van der Waals surface area contributed by atoms with E-state index in [9.17, 15) is 9.59 Å². The molecule has 0 saturated carbocycles. The zero-order valence-corrected chi connectivity index (χ0v) is 10.9. The van der Waals surface area contributed by atoms with Gasteiger partial charge in [0.15, 0.2) is 0 Å². The van der Waals surface area contributed by atoms with Gasteiger partial charge < -0.3 is 15.1 Å². The van der Waals surface area contributed by atoms with Crippen LogP contribution in [-0.4, -0.2) is 21.0 Å². The van der Waals surface area contributed by atoms with Crippen molar-refractivity contribution < 1.29 is 9.90 Å². The molecule has 0 spiro atoms. The quantitative estimate of drug-likeness (QED) is 0.787. The SMILES string of the molecule is CC(C)(CC(=O)O)c1ccccc1-c1c[nH]c(=O)[nH]1. The summed E-state index contributed by atoms with van der Waals surface area (Å²) in [5.41, 5.74) is 1.61. The smallest absolute Gasteiger partial charge is 0.323 e. The Kier molecular flexibility index (Phi) is 3.29. The van der Waals surface area contributed by atoms with Gasteiger partial charge in [0.05, 0.1) is 12.1 Å². The maximum absolute atomic E-state index is 11.2. The highest BCUT2D eigenvalue weighted by Crippen LogP contribution is 2.34. The molecule has 0 atom stereocenters. The third kappa shape index (κ3) is 2.76. The monoisotopic (exact) mass is 260 g/mol. The number of nitrogens with one attached hydrogen (secondary N) is 2. The molecule has 5 heteroatoms. The van der Waals surface area contributed by atoms with Crippen molar-refractivity contribution in [2.24, 2.45) is 0 Å². The number of benzene rings is 1. The van der Waals surface area contributed by atoms with E-state index in [1.54, 1.807) is 6.20 Å².